The Hall–Kier alpha value is -2.57. The van der Waals surface area contributed by atoms with E-state index in [0.717, 1.165) is 0 Å². The molecule has 2 heterocycles. The van der Waals surface area contributed by atoms with Gasteiger partial charge in [0, 0.05) is 6.54 Å². The lowest BCUT2D eigenvalue weighted by molar-refractivity contribution is -0.123. The number of urea groups is 1. The first kappa shape index (κ1) is 13.4. The van der Waals surface area contributed by atoms with E-state index in [9.17, 15) is 14.4 Å². The molecule has 2 aliphatic rings. The van der Waals surface area contributed by atoms with Crippen LogP contribution >= 0.6 is 0 Å². The van der Waals surface area contributed by atoms with Gasteiger partial charge in [-0.15, -0.1) is 0 Å². The van der Waals surface area contributed by atoms with Crippen LogP contribution in [0.5, 0.6) is 5.75 Å². The van der Waals surface area contributed by atoms with Crippen molar-refractivity contribution < 1.29 is 19.1 Å². The molecule has 1 aromatic rings. The first-order valence-electron chi connectivity index (χ1n) is 6.62. The Bertz CT molecular complexity index is 630. The van der Waals surface area contributed by atoms with Crippen molar-refractivity contribution in [3.8, 4) is 5.75 Å². The Balaban J connectivity index is 1.82. The summed E-state index contributed by atoms with van der Waals surface area (Å²) in [7, 11) is 1.50. The topological polar surface area (TPSA) is 87.7 Å². The minimum atomic E-state index is -0.991. The smallest absolute Gasteiger partial charge is 0.322 e. The van der Waals surface area contributed by atoms with E-state index >= 15 is 0 Å². The second kappa shape index (κ2) is 4.76. The van der Waals surface area contributed by atoms with Gasteiger partial charge in [-0.1, -0.05) is 12.1 Å². The van der Waals surface area contributed by atoms with Crippen molar-refractivity contribution in [1.29, 1.82) is 0 Å². The molecule has 110 valence electrons. The highest BCUT2D eigenvalue weighted by Crippen LogP contribution is 2.28. The average molecular weight is 289 g/mol. The zero-order valence-corrected chi connectivity index (χ0v) is 11.5. The van der Waals surface area contributed by atoms with Gasteiger partial charge in [0.25, 0.3) is 11.8 Å². The number of nitrogens with zero attached hydrogens (tertiary/aromatic N) is 1. The van der Waals surface area contributed by atoms with E-state index in [1.807, 2.05) is 0 Å². The monoisotopic (exact) mass is 289 g/mol. The molecule has 21 heavy (non-hydrogen) atoms. The molecule has 7 nitrogen and oxygen atoms in total. The van der Waals surface area contributed by atoms with Crippen molar-refractivity contribution in [3.05, 3.63) is 29.8 Å². The fourth-order valence-corrected chi connectivity index (χ4v) is 2.79. The third-order valence-corrected chi connectivity index (χ3v) is 3.91. The van der Waals surface area contributed by atoms with Crippen LogP contribution in [0.1, 0.15) is 16.8 Å². The number of ether oxygens (including phenoxy) is 1. The lowest BCUT2D eigenvalue weighted by atomic mass is 9.99. The second-order valence-corrected chi connectivity index (χ2v) is 5.17. The van der Waals surface area contributed by atoms with E-state index in [2.05, 4.69) is 10.6 Å². The highest BCUT2D eigenvalue weighted by Gasteiger charge is 2.51. The lowest BCUT2D eigenvalue weighted by Gasteiger charge is -2.21. The van der Waals surface area contributed by atoms with Gasteiger partial charge in [-0.3, -0.25) is 14.9 Å². The maximum Gasteiger partial charge on any atom is 0.322 e. The molecule has 2 saturated heterocycles. The van der Waals surface area contributed by atoms with Gasteiger partial charge in [0.2, 0.25) is 0 Å². The van der Waals surface area contributed by atoms with Gasteiger partial charge >= 0.3 is 6.03 Å². The van der Waals surface area contributed by atoms with Crippen LogP contribution in [0.25, 0.3) is 0 Å². The minimum absolute atomic E-state index is 0.168. The molecule has 2 fully saturated rings. The zero-order valence-electron chi connectivity index (χ0n) is 11.5. The molecule has 1 spiro atoms. The van der Waals surface area contributed by atoms with E-state index in [1.54, 1.807) is 29.2 Å². The highest BCUT2D eigenvalue weighted by atomic mass is 16.5. The molecule has 0 saturated carbocycles. The third kappa shape index (κ3) is 2.10. The number of carbonyl (C=O) groups excluding carboxylic acids is 3. The predicted octanol–water partition coefficient (Wildman–Crippen LogP) is 0.119. The van der Waals surface area contributed by atoms with Crippen LogP contribution in [-0.2, 0) is 4.79 Å². The Morgan fingerprint density at radius 3 is 2.76 bits per heavy atom. The number of para-hydroxylation sites is 1. The van der Waals surface area contributed by atoms with Gasteiger partial charge in [0.1, 0.15) is 11.3 Å². The number of nitrogens with one attached hydrogen (secondary N) is 2. The average Bonchev–Trinajstić information content (AvgIpc) is 3.02. The predicted molar refractivity (Wildman–Crippen MR) is 72.9 cm³/mol. The maximum atomic E-state index is 12.6. The fourth-order valence-electron chi connectivity index (χ4n) is 2.79. The fraction of sp³-hybridized carbons (Fsp3) is 0.357. The molecule has 4 amide bonds. The van der Waals surface area contributed by atoms with Crippen molar-refractivity contribution in [1.82, 2.24) is 15.5 Å². The van der Waals surface area contributed by atoms with Crippen LogP contribution < -0.4 is 15.4 Å². The first-order chi connectivity index (χ1) is 10.1. The Morgan fingerprint density at radius 2 is 2.10 bits per heavy atom. The van der Waals surface area contributed by atoms with E-state index in [-0.39, 0.29) is 18.4 Å². The number of hydrogen-bond donors (Lipinski definition) is 2. The first-order valence-corrected chi connectivity index (χ1v) is 6.62. The number of amides is 4. The normalized spacial score (nSPS) is 24.1. The largest absolute Gasteiger partial charge is 0.496 e. The van der Waals surface area contributed by atoms with Gasteiger partial charge in [0.15, 0.2) is 0 Å². The Morgan fingerprint density at radius 1 is 1.33 bits per heavy atom. The van der Waals surface area contributed by atoms with Crippen molar-refractivity contribution >= 4 is 17.8 Å². The number of carbonyl (C=O) groups is 3. The van der Waals surface area contributed by atoms with Crippen molar-refractivity contribution in [2.75, 3.05) is 20.2 Å². The molecule has 0 bridgehead atoms. The molecule has 2 N–H and O–H groups in total. The minimum Gasteiger partial charge on any atom is -0.496 e. The molecule has 3 rings (SSSR count). The summed E-state index contributed by atoms with van der Waals surface area (Å²) >= 11 is 0. The van der Waals surface area contributed by atoms with Gasteiger partial charge in [-0.25, -0.2) is 4.79 Å². The molecule has 7 heteroatoms. The van der Waals surface area contributed by atoms with Gasteiger partial charge < -0.3 is 15.0 Å². The van der Waals surface area contributed by atoms with Crippen LogP contribution in [0.4, 0.5) is 4.79 Å². The standard InChI is InChI=1S/C14H15N3O4/c1-21-10-5-3-2-4-9(10)11(18)17-7-6-14(8-17)12(19)15-13(20)16-14/h2-5H,6-8H2,1H3,(H2,15,16,19,20). The quantitative estimate of drug-likeness (QED) is 0.757. The van der Waals surface area contributed by atoms with E-state index in [1.165, 1.54) is 7.11 Å². The summed E-state index contributed by atoms with van der Waals surface area (Å²) in [5.41, 5.74) is -0.545. The Labute approximate surface area is 121 Å². The molecule has 0 radical (unpaired) electrons. The van der Waals surface area contributed by atoms with Crippen molar-refractivity contribution in [3.63, 3.8) is 0 Å². The van der Waals surface area contributed by atoms with Gasteiger partial charge in [-0.2, -0.15) is 0 Å². The van der Waals surface area contributed by atoms with Crippen LogP contribution in [0.2, 0.25) is 0 Å². The van der Waals surface area contributed by atoms with E-state index in [4.69, 9.17) is 4.74 Å². The summed E-state index contributed by atoms with van der Waals surface area (Å²) < 4.78 is 5.18. The molecule has 1 unspecified atom stereocenters. The summed E-state index contributed by atoms with van der Waals surface area (Å²) in [5, 5.41) is 4.84. The number of benzene rings is 1. The lowest BCUT2D eigenvalue weighted by Crippen LogP contribution is -2.49. The number of methoxy groups -OCH3 is 1. The molecule has 0 aromatic heterocycles. The second-order valence-electron chi connectivity index (χ2n) is 5.17. The third-order valence-electron chi connectivity index (χ3n) is 3.91. The number of rotatable bonds is 2. The summed E-state index contributed by atoms with van der Waals surface area (Å²) in [6.45, 7) is 0.575. The summed E-state index contributed by atoms with van der Waals surface area (Å²) in [6.07, 6.45) is 0.408. The molecule has 2 aliphatic heterocycles. The van der Waals surface area contributed by atoms with E-state index in [0.29, 0.717) is 24.3 Å². The maximum absolute atomic E-state index is 12.6. The van der Waals surface area contributed by atoms with Gasteiger partial charge in [0.05, 0.1) is 19.2 Å². The van der Waals surface area contributed by atoms with Gasteiger partial charge in [-0.05, 0) is 18.6 Å². The molecular weight excluding hydrogens is 274 g/mol. The summed E-state index contributed by atoms with van der Waals surface area (Å²) in [5.74, 6) is -0.0931. The number of likely N-dealkylation sites (tertiary alicyclic amines) is 1. The van der Waals surface area contributed by atoms with Crippen LogP contribution in [0.3, 0.4) is 0 Å². The van der Waals surface area contributed by atoms with Crippen LogP contribution in [0.15, 0.2) is 24.3 Å². The Kier molecular flexibility index (Phi) is 3.04. The zero-order chi connectivity index (χ0) is 15.0. The van der Waals surface area contributed by atoms with Crippen LogP contribution in [0, 0.1) is 0 Å². The van der Waals surface area contributed by atoms with Crippen molar-refractivity contribution in [2.24, 2.45) is 0 Å². The SMILES string of the molecule is COc1ccccc1C(=O)N1CCC2(C1)NC(=O)NC2=O. The van der Waals surface area contributed by atoms with Crippen LogP contribution in [-0.4, -0.2) is 48.5 Å². The van der Waals surface area contributed by atoms with E-state index < -0.39 is 11.6 Å². The summed E-state index contributed by atoms with van der Waals surface area (Å²) in [6, 6.07) is 6.42. The number of hydrogen-bond acceptors (Lipinski definition) is 4. The molecule has 1 atom stereocenters. The molecular formula is C14H15N3O4. The number of imide groups is 1. The molecule has 1 aromatic carbocycles. The molecule has 0 aliphatic carbocycles. The van der Waals surface area contributed by atoms with Crippen molar-refractivity contribution in [2.45, 2.75) is 12.0 Å². The highest BCUT2D eigenvalue weighted by molar-refractivity contribution is 6.08. The summed E-state index contributed by atoms with van der Waals surface area (Å²) in [4.78, 5) is 37.3.